The van der Waals surface area contributed by atoms with Gasteiger partial charge < -0.3 is 4.57 Å². The van der Waals surface area contributed by atoms with Gasteiger partial charge in [-0.3, -0.25) is 0 Å². The maximum absolute atomic E-state index is 9.36. The highest BCUT2D eigenvalue weighted by atomic mass is 16.5. The summed E-state index contributed by atoms with van der Waals surface area (Å²) in [5.74, 6) is 1.51. The van der Waals surface area contributed by atoms with E-state index in [1.807, 2.05) is 26.0 Å². The van der Waals surface area contributed by atoms with Gasteiger partial charge in [-0.15, -0.1) is 0 Å². The molecule has 0 saturated carbocycles. The van der Waals surface area contributed by atoms with Crippen LogP contribution in [-0.4, -0.2) is 19.7 Å². The lowest BCUT2D eigenvalue weighted by Gasteiger charge is -2.13. The fourth-order valence-corrected chi connectivity index (χ4v) is 2.32. The van der Waals surface area contributed by atoms with E-state index in [2.05, 4.69) is 28.4 Å². The normalized spacial score (nSPS) is 11.3. The zero-order valence-electron chi connectivity index (χ0n) is 11.9. The number of imidazole rings is 1. The van der Waals surface area contributed by atoms with E-state index in [9.17, 15) is 5.21 Å². The van der Waals surface area contributed by atoms with Crippen LogP contribution in [0.3, 0.4) is 0 Å². The molecule has 0 radical (unpaired) electrons. The summed E-state index contributed by atoms with van der Waals surface area (Å²) >= 11 is 0. The Morgan fingerprint density at radius 1 is 1.37 bits per heavy atom. The second-order valence-corrected chi connectivity index (χ2v) is 5.17. The van der Waals surface area contributed by atoms with Gasteiger partial charge in [0.2, 0.25) is 0 Å². The van der Waals surface area contributed by atoms with E-state index in [1.54, 1.807) is 6.20 Å². The molecule has 0 aliphatic heterocycles. The number of nitrogens with zero attached hydrogens (tertiary/aromatic N) is 3. The number of aromatic nitrogens is 3. The first-order valence-electron chi connectivity index (χ1n) is 6.51. The molecule has 2 heterocycles. The minimum atomic E-state index is 0.524. The molecule has 0 aromatic carbocycles. The van der Waals surface area contributed by atoms with Crippen LogP contribution in [0.2, 0.25) is 0 Å². The maximum Gasteiger partial charge on any atom is 0.189 e. The van der Waals surface area contributed by atoms with Gasteiger partial charge in [-0.1, -0.05) is 13.8 Å². The van der Waals surface area contributed by atoms with Crippen LogP contribution in [0.4, 0.5) is 5.69 Å². The highest BCUT2D eigenvalue weighted by Crippen LogP contribution is 2.27. The Kier molecular flexibility index (Phi) is 3.97. The first-order chi connectivity index (χ1) is 9.04. The third kappa shape index (κ3) is 2.67. The molecule has 2 rings (SSSR count). The third-order valence-corrected chi connectivity index (χ3v) is 3.08. The van der Waals surface area contributed by atoms with Gasteiger partial charge in [0.15, 0.2) is 11.4 Å². The maximum atomic E-state index is 9.36. The first-order valence-corrected chi connectivity index (χ1v) is 6.51. The van der Waals surface area contributed by atoms with Gasteiger partial charge in [0.25, 0.3) is 0 Å². The number of hydrogen-bond donors (Lipinski definition) is 2. The summed E-state index contributed by atoms with van der Waals surface area (Å²) in [6, 6.07) is 3.67. The van der Waals surface area contributed by atoms with E-state index in [1.165, 1.54) is 0 Å². The van der Waals surface area contributed by atoms with Gasteiger partial charge in [-0.25, -0.2) is 15.2 Å². The molecule has 0 atom stereocenters. The van der Waals surface area contributed by atoms with Gasteiger partial charge in [-0.2, -0.15) is 5.48 Å². The van der Waals surface area contributed by atoms with Crippen molar-refractivity contribution in [3.63, 3.8) is 0 Å². The number of aryl methyl sites for hydroxylation is 2. The quantitative estimate of drug-likeness (QED) is 0.825. The summed E-state index contributed by atoms with van der Waals surface area (Å²) in [5, 5.41) is 9.36. The lowest BCUT2D eigenvalue weighted by Crippen LogP contribution is -2.74. The predicted octanol–water partition coefficient (Wildman–Crippen LogP) is 1.80. The minimum Gasteiger partial charge on any atom is -0.326 e. The Hall–Kier alpha value is -1.72. The van der Waals surface area contributed by atoms with E-state index in [0.717, 1.165) is 40.6 Å². The fourth-order valence-electron chi connectivity index (χ4n) is 2.32. The predicted molar refractivity (Wildman–Crippen MR) is 73.1 cm³/mol. The molecule has 2 aromatic rings. The smallest absolute Gasteiger partial charge is 0.189 e. The molecular weight excluding hydrogens is 240 g/mol. The van der Waals surface area contributed by atoms with Gasteiger partial charge in [0, 0.05) is 18.8 Å². The second-order valence-electron chi connectivity index (χ2n) is 5.17. The van der Waals surface area contributed by atoms with E-state index >= 15 is 0 Å². The fraction of sp³-hybridized carbons (Fsp3) is 0.429. The molecule has 19 heavy (non-hydrogen) atoms. The van der Waals surface area contributed by atoms with Gasteiger partial charge in [0.1, 0.15) is 5.82 Å². The second kappa shape index (κ2) is 5.50. The lowest BCUT2D eigenvalue weighted by atomic mass is 10.1. The van der Waals surface area contributed by atoms with Crippen molar-refractivity contribution in [2.24, 2.45) is 5.92 Å². The molecule has 3 N–H and O–H groups in total. The molecule has 0 saturated heterocycles. The molecule has 2 aromatic heterocycles. The topological polar surface area (TPSA) is 67.5 Å². The van der Waals surface area contributed by atoms with E-state index < -0.39 is 0 Å². The Bertz CT molecular complexity index is 575. The number of pyridine rings is 1. The monoisotopic (exact) mass is 261 g/mol. The molecule has 0 fully saturated rings. The van der Waals surface area contributed by atoms with Gasteiger partial charge >= 0.3 is 0 Å². The first kappa shape index (κ1) is 13.7. The molecule has 0 unspecified atom stereocenters. The van der Waals surface area contributed by atoms with E-state index in [-0.39, 0.29) is 0 Å². The molecule has 5 heteroatoms. The Morgan fingerprint density at radius 2 is 2.11 bits per heavy atom. The summed E-state index contributed by atoms with van der Waals surface area (Å²) in [6.45, 7) is 9.23. The molecule has 0 aliphatic carbocycles. The van der Waals surface area contributed by atoms with Crippen LogP contribution in [0, 0.1) is 19.8 Å². The minimum absolute atomic E-state index is 0.524. The molecular formula is C14H21N4O+. The molecule has 5 nitrogen and oxygen atoms in total. The zero-order valence-corrected chi connectivity index (χ0v) is 11.9. The molecule has 0 aliphatic rings. The zero-order chi connectivity index (χ0) is 14.0. The Balaban J connectivity index is 2.61. The molecule has 102 valence electrons. The average Bonchev–Trinajstić information content (AvgIpc) is 2.63. The number of nitrogens with two attached hydrogens (primary N) is 1. The van der Waals surface area contributed by atoms with Gasteiger partial charge in [-0.05, 0) is 25.8 Å². The summed E-state index contributed by atoms with van der Waals surface area (Å²) in [5.41, 5.74) is 4.54. The van der Waals surface area contributed by atoms with Crippen molar-refractivity contribution in [3.05, 3.63) is 29.8 Å². The third-order valence-electron chi connectivity index (χ3n) is 3.08. The van der Waals surface area contributed by atoms with Crippen LogP contribution in [0.15, 0.2) is 18.3 Å². The van der Waals surface area contributed by atoms with Crippen LogP contribution in [0.25, 0.3) is 11.4 Å². The van der Waals surface area contributed by atoms with Crippen molar-refractivity contribution >= 4 is 5.69 Å². The highest BCUT2D eigenvalue weighted by Gasteiger charge is 2.20. The van der Waals surface area contributed by atoms with E-state index in [4.69, 9.17) is 0 Å². The van der Waals surface area contributed by atoms with Crippen LogP contribution in [0.5, 0.6) is 0 Å². The summed E-state index contributed by atoms with van der Waals surface area (Å²) in [7, 11) is 0. The van der Waals surface area contributed by atoms with Crippen molar-refractivity contribution in [2.75, 3.05) is 0 Å². The Morgan fingerprint density at radius 3 is 2.74 bits per heavy atom. The molecule has 0 amide bonds. The SMILES string of the molecule is Cc1nc(C)n(CC(C)C)c1-c1ncccc1[NH2+]O. The number of quaternary nitrogens is 1. The van der Waals surface area contributed by atoms with Crippen LogP contribution >= 0.6 is 0 Å². The van der Waals surface area contributed by atoms with Crippen molar-refractivity contribution in [1.29, 1.82) is 0 Å². The Labute approximate surface area is 113 Å². The standard InChI is InChI=1S/C14H20N4O/c1-9(2)8-18-11(4)16-10(3)14(18)13-12(17-19)6-5-7-15-13/h5-7,9,17,19H,8H2,1-4H3/p+1. The van der Waals surface area contributed by atoms with Crippen LogP contribution < -0.4 is 5.48 Å². The van der Waals surface area contributed by atoms with E-state index in [0.29, 0.717) is 5.92 Å². The van der Waals surface area contributed by atoms with Crippen molar-refractivity contribution in [3.8, 4) is 11.4 Å². The summed E-state index contributed by atoms with van der Waals surface area (Å²) in [4.78, 5) is 8.95. The van der Waals surface area contributed by atoms with Crippen molar-refractivity contribution in [2.45, 2.75) is 34.2 Å². The van der Waals surface area contributed by atoms with Crippen molar-refractivity contribution in [1.82, 2.24) is 14.5 Å². The van der Waals surface area contributed by atoms with Gasteiger partial charge in [0.05, 0.1) is 11.4 Å². The summed E-state index contributed by atoms with van der Waals surface area (Å²) in [6.07, 6.45) is 1.74. The van der Waals surface area contributed by atoms with Crippen molar-refractivity contribution < 1.29 is 10.7 Å². The van der Waals surface area contributed by atoms with Crippen LogP contribution in [-0.2, 0) is 6.54 Å². The molecule has 0 bridgehead atoms. The number of hydrogen-bond acceptors (Lipinski definition) is 3. The van der Waals surface area contributed by atoms with Crippen LogP contribution in [0.1, 0.15) is 25.4 Å². The summed E-state index contributed by atoms with van der Waals surface area (Å²) < 4.78 is 2.18. The average molecular weight is 261 g/mol. The largest absolute Gasteiger partial charge is 0.326 e. The molecule has 0 spiro atoms. The lowest BCUT2D eigenvalue weighted by molar-refractivity contribution is -0.825. The number of rotatable bonds is 4. The highest BCUT2D eigenvalue weighted by molar-refractivity contribution is 5.68.